The number of methoxy groups -OCH3 is 2. The molecule has 5 nitrogen and oxygen atoms in total. The van der Waals surface area contributed by atoms with Gasteiger partial charge in [0, 0.05) is 10.8 Å². The summed E-state index contributed by atoms with van der Waals surface area (Å²) in [4.78, 5) is 9.08. The minimum absolute atomic E-state index is 0.112. The van der Waals surface area contributed by atoms with Crippen LogP contribution in [0.15, 0.2) is 34.9 Å². The summed E-state index contributed by atoms with van der Waals surface area (Å²) in [6, 6.07) is 7.95. The lowest BCUT2D eigenvalue weighted by molar-refractivity contribution is 0.395. The first kappa shape index (κ1) is 15.3. The average Bonchev–Trinajstić information content (AvgIpc) is 3.01. The number of benzene rings is 1. The van der Waals surface area contributed by atoms with Crippen LogP contribution in [0.2, 0.25) is 0 Å². The Morgan fingerprint density at radius 2 is 1.78 bits per heavy atom. The molecule has 23 heavy (non-hydrogen) atoms. The van der Waals surface area contributed by atoms with E-state index in [1.54, 1.807) is 14.2 Å². The van der Waals surface area contributed by atoms with E-state index < -0.39 is 0 Å². The Morgan fingerprint density at radius 1 is 1.00 bits per heavy atom. The predicted octanol–water partition coefficient (Wildman–Crippen LogP) is 4.20. The summed E-state index contributed by atoms with van der Waals surface area (Å²) in [7, 11) is 3.22. The Balaban J connectivity index is 2.26. The molecular formula is C18H20N2O3. The zero-order valence-electron chi connectivity index (χ0n) is 14.0. The predicted molar refractivity (Wildman–Crippen MR) is 89.0 cm³/mol. The standard InChI is InChI=1S/C18H20N2O3/c1-18(2,3)16-13-7-6-12(21-4)8-11(13)9-14(19-16)17-20-15(22-5)10-23-17/h6-10H,1-5H3. The Morgan fingerprint density at radius 3 is 2.39 bits per heavy atom. The maximum Gasteiger partial charge on any atom is 0.253 e. The average molecular weight is 312 g/mol. The van der Waals surface area contributed by atoms with E-state index in [1.165, 1.54) is 6.26 Å². The van der Waals surface area contributed by atoms with Gasteiger partial charge in [0.05, 0.1) is 19.9 Å². The summed E-state index contributed by atoms with van der Waals surface area (Å²) in [6.45, 7) is 6.41. The highest BCUT2D eigenvalue weighted by Crippen LogP contribution is 2.33. The summed E-state index contributed by atoms with van der Waals surface area (Å²) in [5, 5.41) is 2.14. The molecular weight excluding hydrogens is 292 g/mol. The van der Waals surface area contributed by atoms with Gasteiger partial charge in [-0.05, 0) is 29.7 Å². The molecule has 0 aliphatic carbocycles. The highest BCUT2D eigenvalue weighted by molar-refractivity contribution is 5.89. The summed E-state index contributed by atoms with van der Waals surface area (Å²) in [5.74, 6) is 1.68. The summed E-state index contributed by atoms with van der Waals surface area (Å²) in [6.07, 6.45) is 1.48. The quantitative estimate of drug-likeness (QED) is 0.725. The van der Waals surface area contributed by atoms with E-state index in [9.17, 15) is 0 Å². The number of fused-ring (bicyclic) bond motifs is 1. The van der Waals surface area contributed by atoms with Crippen molar-refractivity contribution in [3.8, 4) is 23.2 Å². The maximum absolute atomic E-state index is 5.48. The molecule has 2 heterocycles. The van der Waals surface area contributed by atoms with Crippen LogP contribution in [0.5, 0.6) is 11.6 Å². The first-order valence-corrected chi connectivity index (χ1v) is 7.41. The molecule has 0 atom stereocenters. The Hall–Kier alpha value is -2.56. The number of hydrogen-bond donors (Lipinski definition) is 0. The Labute approximate surface area is 135 Å². The Kier molecular flexibility index (Phi) is 3.72. The van der Waals surface area contributed by atoms with Crippen molar-refractivity contribution in [3.63, 3.8) is 0 Å². The van der Waals surface area contributed by atoms with Crippen molar-refractivity contribution < 1.29 is 13.9 Å². The molecule has 0 N–H and O–H groups in total. The van der Waals surface area contributed by atoms with Gasteiger partial charge in [-0.1, -0.05) is 20.8 Å². The first-order chi connectivity index (χ1) is 10.9. The van der Waals surface area contributed by atoms with Gasteiger partial charge in [0.25, 0.3) is 5.88 Å². The van der Waals surface area contributed by atoms with Gasteiger partial charge in [0.1, 0.15) is 11.4 Å². The zero-order valence-corrected chi connectivity index (χ0v) is 14.0. The SMILES string of the molecule is COc1ccc2c(C(C)(C)C)nc(-c3nc(OC)co3)cc2c1. The first-order valence-electron chi connectivity index (χ1n) is 7.41. The van der Waals surface area contributed by atoms with E-state index in [0.717, 1.165) is 22.2 Å². The number of rotatable bonds is 3. The molecule has 0 aliphatic rings. The molecule has 0 saturated heterocycles. The molecule has 0 fully saturated rings. The van der Waals surface area contributed by atoms with Crippen molar-refractivity contribution in [2.75, 3.05) is 14.2 Å². The number of ether oxygens (including phenoxy) is 2. The smallest absolute Gasteiger partial charge is 0.253 e. The highest BCUT2D eigenvalue weighted by Gasteiger charge is 2.22. The minimum Gasteiger partial charge on any atom is -0.497 e. The number of oxazole rings is 1. The Bertz CT molecular complexity index is 847. The van der Waals surface area contributed by atoms with Gasteiger partial charge in [0.15, 0.2) is 6.26 Å². The number of hydrogen-bond acceptors (Lipinski definition) is 5. The topological polar surface area (TPSA) is 57.4 Å². The largest absolute Gasteiger partial charge is 0.497 e. The van der Waals surface area contributed by atoms with E-state index in [2.05, 4.69) is 25.8 Å². The molecule has 0 aliphatic heterocycles. The van der Waals surface area contributed by atoms with Crippen molar-refractivity contribution in [3.05, 3.63) is 36.2 Å². The van der Waals surface area contributed by atoms with Crippen molar-refractivity contribution in [2.45, 2.75) is 26.2 Å². The molecule has 2 aromatic heterocycles. The summed E-state index contributed by atoms with van der Waals surface area (Å²) >= 11 is 0. The third-order valence-electron chi connectivity index (χ3n) is 3.66. The van der Waals surface area contributed by atoms with Crippen LogP contribution in [0.4, 0.5) is 0 Å². The van der Waals surface area contributed by atoms with Crippen molar-refractivity contribution in [1.82, 2.24) is 9.97 Å². The number of nitrogens with zero attached hydrogens (tertiary/aromatic N) is 2. The van der Waals surface area contributed by atoms with Gasteiger partial charge in [-0.2, -0.15) is 4.98 Å². The van der Waals surface area contributed by atoms with E-state index in [-0.39, 0.29) is 5.41 Å². The molecule has 0 saturated carbocycles. The molecule has 120 valence electrons. The second kappa shape index (κ2) is 5.57. The third-order valence-corrected chi connectivity index (χ3v) is 3.66. The van der Waals surface area contributed by atoms with Gasteiger partial charge in [-0.15, -0.1) is 0 Å². The van der Waals surface area contributed by atoms with Crippen LogP contribution in [-0.2, 0) is 5.41 Å². The summed E-state index contributed by atoms with van der Waals surface area (Å²) < 4.78 is 15.9. The maximum atomic E-state index is 5.48. The molecule has 3 rings (SSSR count). The van der Waals surface area contributed by atoms with Crippen LogP contribution in [0, 0.1) is 0 Å². The molecule has 0 radical (unpaired) electrons. The van der Waals surface area contributed by atoms with Gasteiger partial charge >= 0.3 is 0 Å². The van der Waals surface area contributed by atoms with Crippen LogP contribution in [0.3, 0.4) is 0 Å². The van der Waals surface area contributed by atoms with Crippen molar-refractivity contribution in [1.29, 1.82) is 0 Å². The molecule has 0 bridgehead atoms. The van der Waals surface area contributed by atoms with Gasteiger partial charge < -0.3 is 13.9 Å². The van der Waals surface area contributed by atoms with Crippen LogP contribution in [-0.4, -0.2) is 24.2 Å². The van der Waals surface area contributed by atoms with Crippen LogP contribution < -0.4 is 9.47 Å². The van der Waals surface area contributed by atoms with E-state index in [0.29, 0.717) is 17.5 Å². The fourth-order valence-electron chi connectivity index (χ4n) is 2.51. The molecule has 5 heteroatoms. The van der Waals surface area contributed by atoms with Crippen LogP contribution in [0.1, 0.15) is 26.5 Å². The molecule has 0 spiro atoms. The van der Waals surface area contributed by atoms with Crippen LogP contribution in [0.25, 0.3) is 22.4 Å². The molecule has 0 unspecified atom stereocenters. The molecule has 0 amide bonds. The molecule has 3 aromatic rings. The lowest BCUT2D eigenvalue weighted by Gasteiger charge is -2.21. The monoisotopic (exact) mass is 312 g/mol. The van der Waals surface area contributed by atoms with E-state index in [4.69, 9.17) is 18.9 Å². The van der Waals surface area contributed by atoms with E-state index >= 15 is 0 Å². The minimum atomic E-state index is -0.112. The summed E-state index contributed by atoms with van der Waals surface area (Å²) in [5.41, 5.74) is 1.56. The normalized spacial score (nSPS) is 11.7. The van der Waals surface area contributed by atoms with Crippen LogP contribution >= 0.6 is 0 Å². The lowest BCUT2D eigenvalue weighted by Crippen LogP contribution is -2.14. The van der Waals surface area contributed by atoms with Gasteiger partial charge in [-0.25, -0.2) is 4.98 Å². The van der Waals surface area contributed by atoms with E-state index in [1.807, 2.05) is 24.3 Å². The lowest BCUT2D eigenvalue weighted by atomic mass is 9.88. The van der Waals surface area contributed by atoms with Crippen molar-refractivity contribution >= 4 is 10.8 Å². The third kappa shape index (κ3) is 2.86. The fourth-order valence-corrected chi connectivity index (χ4v) is 2.51. The van der Waals surface area contributed by atoms with Gasteiger partial charge in [0.2, 0.25) is 5.89 Å². The second-order valence-electron chi connectivity index (χ2n) is 6.39. The van der Waals surface area contributed by atoms with Gasteiger partial charge in [-0.3, -0.25) is 0 Å². The fraction of sp³-hybridized carbons (Fsp3) is 0.333. The number of aromatic nitrogens is 2. The number of pyridine rings is 1. The van der Waals surface area contributed by atoms with Crippen molar-refractivity contribution in [2.24, 2.45) is 0 Å². The second-order valence-corrected chi connectivity index (χ2v) is 6.39. The zero-order chi connectivity index (χ0) is 16.6. The molecule has 1 aromatic carbocycles. The highest BCUT2D eigenvalue weighted by atomic mass is 16.5.